The van der Waals surface area contributed by atoms with Gasteiger partial charge in [0.15, 0.2) is 11.5 Å². The Hall–Kier alpha value is -3.60. The van der Waals surface area contributed by atoms with Crippen LogP contribution in [-0.4, -0.2) is 26.2 Å². The third-order valence-electron chi connectivity index (χ3n) is 3.51. The van der Waals surface area contributed by atoms with E-state index in [1.54, 1.807) is 31.2 Å². The second-order valence-electron chi connectivity index (χ2n) is 5.34. The number of rotatable bonds is 8. The predicted octanol–water partition coefficient (Wildman–Crippen LogP) is 4.24. The molecule has 1 N–H and O–H groups in total. The molecule has 0 bridgehead atoms. The summed E-state index contributed by atoms with van der Waals surface area (Å²) < 4.78 is 39.8. The number of nitrogens with one attached hydrogen (secondary N) is 1. The topological polar surface area (TPSA) is 80.6 Å². The van der Waals surface area contributed by atoms with E-state index < -0.39 is 12.5 Å². The molecule has 0 aliphatic carbocycles. The van der Waals surface area contributed by atoms with Gasteiger partial charge in [0.1, 0.15) is 17.4 Å². The lowest BCUT2D eigenvalue weighted by Crippen LogP contribution is -2.14. The highest BCUT2D eigenvalue weighted by atomic mass is 19.3. The molecule has 0 aromatic heterocycles. The van der Waals surface area contributed by atoms with E-state index in [1.165, 1.54) is 31.4 Å². The molecule has 0 atom stereocenters. The number of nitrogens with zero attached hydrogens (tertiary/aromatic N) is 1. The average Bonchev–Trinajstić information content (AvgIpc) is 2.68. The van der Waals surface area contributed by atoms with Gasteiger partial charge in [-0.15, -0.1) is 0 Å². The fourth-order valence-electron chi connectivity index (χ4n) is 2.33. The minimum absolute atomic E-state index is 0.0824. The van der Waals surface area contributed by atoms with E-state index >= 15 is 0 Å². The maximum absolute atomic E-state index is 12.5. The summed E-state index contributed by atoms with van der Waals surface area (Å²) in [6.45, 7) is -1.08. The number of anilines is 1. The van der Waals surface area contributed by atoms with E-state index in [2.05, 4.69) is 10.1 Å². The van der Waals surface area contributed by atoms with Crippen LogP contribution in [0.1, 0.15) is 12.5 Å². The van der Waals surface area contributed by atoms with E-state index in [1.807, 2.05) is 6.07 Å². The van der Waals surface area contributed by atoms with E-state index in [9.17, 15) is 18.8 Å². The van der Waals surface area contributed by atoms with Gasteiger partial charge in [-0.25, -0.2) is 0 Å². The minimum atomic E-state index is -3.00. The third kappa shape index (κ3) is 5.45. The standard InChI is InChI=1S/C20H18F2N2O4/c1-3-27-18-11-13(8-9-17(18)28-20(21)22)10-14(12-23)19(25)24-15-6-4-5-7-16(15)26-2/h4-11,20H,3H2,1-2H3,(H,24,25)/b14-10+. The van der Waals surface area contributed by atoms with Crippen LogP contribution in [0.4, 0.5) is 14.5 Å². The van der Waals surface area contributed by atoms with E-state index in [4.69, 9.17) is 9.47 Å². The zero-order valence-electron chi connectivity index (χ0n) is 15.2. The van der Waals surface area contributed by atoms with E-state index in [-0.39, 0.29) is 23.7 Å². The second kappa shape index (κ2) is 9.92. The maximum atomic E-state index is 12.5. The number of para-hydroxylation sites is 2. The van der Waals surface area contributed by atoms with Crippen LogP contribution in [0.3, 0.4) is 0 Å². The van der Waals surface area contributed by atoms with Crippen molar-refractivity contribution >= 4 is 17.7 Å². The molecule has 0 aliphatic rings. The van der Waals surface area contributed by atoms with Crippen molar-refractivity contribution in [3.05, 3.63) is 53.6 Å². The van der Waals surface area contributed by atoms with Crippen LogP contribution < -0.4 is 19.5 Å². The number of alkyl halides is 2. The molecule has 0 saturated heterocycles. The van der Waals surface area contributed by atoms with Crippen molar-refractivity contribution in [2.24, 2.45) is 0 Å². The van der Waals surface area contributed by atoms with Crippen molar-refractivity contribution in [1.82, 2.24) is 0 Å². The predicted molar refractivity (Wildman–Crippen MR) is 99.5 cm³/mol. The number of benzene rings is 2. The summed E-state index contributed by atoms with van der Waals surface area (Å²) >= 11 is 0. The maximum Gasteiger partial charge on any atom is 0.387 e. The highest BCUT2D eigenvalue weighted by molar-refractivity contribution is 6.10. The van der Waals surface area contributed by atoms with Crippen molar-refractivity contribution < 1.29 is 27.8 Å². The van der Waals surface area contributed by atoms with Gasteiger partial charge in [-0.05, 0) is 42.8 Å². The molecule has 8 heteroatoms. The Morgan fingerprint density at radius 3 is 2.61 bits per heavy atom. The van der Waals surface area contributed by atoms with Gasteiger partial charge < -0.3 is 19.5 Å². The van der Waals surface area contributed by atoms with Crippen LogP contribution >= 0.6 is 0 Å². The van der Waals surface area contributed by atoms with Crippen molar-refractivity contribution in [1.29, 1.82) is 5.26 Å². The molecule has 28 heavy (non-hydrogen) atoms. The van der Waals surface area contributed by atoms with E-state index in [0.717, 1.165) is 0 Å². The molecule has 0 unspecified atom stereocenters. The van der Waals surface area contributed by atoms with E-state index in [0.29, 0.717) is 17.0 Å². The first-order valence-corrected chi connectivity index (χ1v) is 8.26. The SMILES string of the molecule is CCOc1cc(/C=C(\C#N)C(=O)Nc2ccccc2OC)ccc1OC(F)F. The number of halogens is 2. The van der Waals surface area contributed by atoms with Gasteiger partial charge in [-0.1, -0.05) is 18.2 Å². The molecule has 0 fully saturated rings. The van der Waals surface area contributed by atoms with Crippen LogP contribution in [0, 0.1) is 11.3 Å². The molecule has 0 aliphatic heterocycles. The molecule has 146 valence electrons. The summed E-state index contributed by atoms with van der Waals surface area (Å²) in [5.41, 5.74) is 0.638. The first-order chi connectivity index (χ1) is 13.5. The van der Waals surface area contributed by atoms with Crippen LogP contribution in [0.2, 0.25) is 0 Å². The Labute approximate surface area is 160 Å². The molecule has 0 saturated carbocycles. The summed E-state index contributed by atoms with van der Waals surface area (Å²) in [7, 11) is 1.46. The first-order valence-electron chi connectivity index (χ1n) is 8.26. The zero-order valence-corrected chi connectivity index (χ0v) is 15.2. The Morgan fingerprint density at radius 1 is 1.21 bits per heavy atom. The largest absolute Gasteiger partial charge is 0.495 e. The number of hydrogen-bond donors (Lipinski definition) is 1. The molecule has 2 aromatic carbocycles. The number of carbonyl (C=O) groups is 1. The Morgan fingerprint density at radius 2 is 1.96 bits per heavy atom. The summed E-state index contributed by atoms with van der Waals surface area (Å²) in [6, 6.07) is 12.7. The number of carbonyl (C=O) groups excluding carboxylic acids is 1. The molecule has 2 rings (SSSR count). The van der Waals surface area contributed by atoms with Gasteiger partial charge in [-0.2, -0.15) is 14.0 Å². The van der Waals surface area contributed by atoms with Crippen LogP contribution in [0.15, 0.2) is 48.0 Å². The lowest BCUT2D eigenvalue weighted by atomic mass is 10.1. The Bertz CT molecular complexity index is 907. The Kier molecular flexibility index (Phi) is 7.34. The number of nitriles is 1. The summed E-state index contributed by atoms with van der Waals surface area (Å²) in [4.78, 5) is 12.4. The third-order valence-corrected chi connectivity index (χ3v) is 3.51. The van der Waals surface area contributed by atoms with Gasteiger partial charge in [0.2, 0.25) is 0 Å². The quantitative estimate of drug-likeness (QED) is 0.540. The van der Waals surface area contributed by atoms with Crippen LogP contribution in [0.5, 0.6) is 17.2 Å². The number of amides is 1. The van der Waals surface area contributed by atoms with Crippen LogP contribution in [-0.2, 0) is 4.79 Å². The fraction of sp³-hybridized carbons (Fsp3) is 0.200. The minimum Gasteiger partial charge on any atom is -0.495 e. The highest BCUT2D eigenvalue weighted by Gasteiger charge is 2.14. The molecule has 0 spiro atoms. The number of methoxy groups -OCH3 is 1. The van der Waals surface area contributed by atoms with Crippen molar-refractivity contribution in [2.75, 3.05) is 19.0 Å². The molecule has 0 heterocycles. The summed E-state index contributed by atoms with van der Waals surface area (Å²) in [5, 5.41) is 11.9. The van der Waals surface area contributed by atoms with Gasteiger partial charge in [-0.3, -0.25) is 4.79 Å². The molecular weight excluding hydrogens is 370 g/mol. The molecule has 1 amide bonds. The molecule has 6 nitrogen and oxygen atoms in total. The smallest absolute Gasteiger partial charge is 0.387 e. The van der Waals surface area contributed by atoms with Gasteiger partial charge in [0, 0.05) is 0 Å². The lowest BCUT2D eigenvalue weighted by molar-refractivity contribution is -0.112. The number of hydrogen-bond acceptors (Lipinski definition) is 5. The van der Waals surface area contributed by atoms with Crippen LogP contribution in [0.25, 0.3) is 6.08 Å². The molecular formula is C20H18F2N2O4. The fourth-order valence-corrected chi connectivity index (χ4v) is 2.33. The van der Waals surface area contributed by atoms with Crippen molar-refractivity contribution in [2.45, 2.75) is 13.5 Å². The Balaban J connectivity index is 2.29. The van der Waals surface area contributed by atoms with Crippen molar-refractivity contribution in [3.63, 3.8) is 0 Å². The second-order valence-corrected chi connectivity index (χ2v) is 5.34. The molecule has 2 aromatic rings. The van der Waals surface area contributed by atoms with Crippen molar-refractivity contribution in [3.8, 4) is 23.3 Å². The van der Waals surface area contributed by atoms with Gasteiger partial charge in [0.25, 0.3) is 5.91 Å². The first kappa shape index (κ1) is 20.7. The summed E-state index contributed by atoms with van der Waals surface area (Å²) in [6.07, 6.45) is 1.32. The number of ether oxygens (including phenoxy) is 3. The average molecular weight is 388 g/mol. The van der Waals surface area contributed by atoms with Gasteiger partial charge in [0.05, 0.1) is 19.4 Å². The lowest BCUT2D eigenvalue weighted by Gasteiger charge is -2.12. The normalized spacial score (nSPS) is 10.9. The monoisotopic (exact) mass is 388 g/mol. The zero-order chi connectivity index (χ0) is 20.5. The summed E-state index contributed by atoms with van der Waals surface area (Å²) in [5.74, 6) is -0.247. The molecule has 0 radical (unpaired) electrons. The highest BCUT2D eigenvalue weighted by Crippen LogP contribution is 2.31. The van der Waals surface area contributed by atoms with Gasteiger partial charge >= 0.3 is 6.61 Å².